The van der Waals surface area contributed by atoms with Crippen molar-refractivity contribution in [1.29, 1.82) is 0 Å². The van der Waals surface area contributed by atoms with E-state index in [9.17, 15) is 13.2 Å². The van der Waals surface area contributed by atoms with Crippen molar-refractivity contribution >= 4 is 26.8 Å². The first kappa shape index (κ1) is 14.4. The van der Waals surface area contributed by atoms with Gasteiger partial charge in [0.2, 0.25) is 0 Å². The van der Waals surface area contributed by atoms with Crippen LogP contribution >= 0.6 is 0 Å². The zero-order valence-electron chi connectivity index (χ0n) is 12.0. The molecule has 114 valence electrons. The molecule has 0 unspecified atom stereocenters. The maximum Gasteiger partial charge on any atom is 0.419 e. The summed E-state index contributed by atoms with van der Waals surface area (Å²) < 4.78 is 33.9. The molecule has 0 aliphatic rings. The average molecular weight is 318 g/mol. The number of sulfonamides is 1. The topological polar surface area (TPSA) is 81.3 Å². The summed E-state index contributed by atoms with van der Waals surface area (Å²) in [7, 11) is -2.19. The Morgan fingerprint density at radius 2 is 1.82 bits per heavy atom. The zero-order chi connectivity index (χ0) is 15.9. The standard InChI is InChI=1S/C15H14N2O4S/c1-10-8-12-13(21-15(18)17(12)2)9-14(10)22(19,20)16-11-6-4-3-5-7-11/h3-9,16H,1-2H3. The molecule has 0 saturated carbocycles. The van der Waals surface area contributed by atoms with E-state index in [1.54, 1.807) is 50.4 Å². The Bertz CT molecular complexity index is 1000. The second-order valence-electron chi connectivity index (χ2n) is 4.98. The Morgan fingerprint density at radius 1 is 1.14 bits per heavy atom. The van der Waals surface area contributed by atoms with E-state index >= 15 is 0 Å². The molecule has 0 aliphatic heterocycles. The summed E-state index contributed by atoms with van der Waals surface area (Å²) in [5.74, 6) is -0.528. The molecule has 1 N–H and O–H groups in total. The van der Waals surface area contributed by atoms with E-state index in [1.807, 2.05) is 0 Å². The third-order valence-electron chi connectivity index (χ3n) is 3.40. The summed E-state index contributed by atoms with van der Waals surface area (Å²) in [6.45, 7) is 1.68. The van der Waals surface area contributed by atoms with Gasteiger partial charge in [0.15, 0.2) is 5.58 Å². The molecule has 6 nitrogen and oxygen atoms in total. The van der Waals surface area contributed by atoms with Crippen LogP contribution in [0.3, 0.4) is 0 Å². The molecule has 0 atom stereocenters. The third kappa shape index (κ3) is 2.39. The number of hydrogen-bond acceptors (Lipinski definition) is 4. The maximum atomic E-state index is 12.5. The van der Waals surface area contributed by atoms with Gasteiger partial charge in [-0.3, -0.25) is 9.29 Å². The van der Waals surface area contributed by atoms with Crippen LogP contribution in [0.4, 0.5) is 5.69 Å². The van der Waals surface area contributed by atoms with E-state index in [4.69, 9.17) is 4.42 Å². The normalized spacial score (nSPS) is 11.7. The lowest BCUT2D eigenvalue weighted by Crippen LogP contribution is -2.14. The second-order valence-corrected chi connectivity index (χ2v) is 6.63. The number of aryl methyl sites for hydroxylation is 2. The van der Waals surface area contributed by atoms with Crippen molar-refractivity contribution in [1.82, 2.24) is 4.57 Å². The molecule has 0 bridgehead atoms. The Kier molecular flexibility index (Phi) is 3.29. The second kappa shape index (κ2) is 5.03. The highest BCUT2D eigenvalue weighted by Gasteiger charge is 2.20. The molecular weight excluding hydrogens is 304 g/mol. The Labute approximate surface area is 127 Å². The predicted octanol–water partition coefficient (Wildman–Crippen LogP) is 2.24. The van der Waals surface area contributed by atoms with Crippen molar-refractivity contribution in [2.75, 3.05) is 4.72 Å². The van der Waals surface area contributed by atoms with Crippen LogP contribution in [-0.4, -0.2) is 13.0 Å². The van der Waals surface area contributed by atoms with Crippen LogP contribution < -0.4 is 10.5 Å². The third-order valence-corrected chi connectivity index (χ3v) is 4.93. The Morgan fingerprint density at radius 3 is 2.50 bits per heavy atom. The van der Waals surface area contributed by atoms with Gasteiger partial charge in [0.1, 0.15) is 0 Å². The Balaban J connectivity index is 2.12. The fraction of sp³-hybridized carbons (Fsp3) is 0.133. The minimum Gasteiger partial charge on any atom is -0.408 e. The molecule has 0 spiro atoms. The van der Waals surface area contributed by atoms with Crippen molar-refractivity contribution in [3.63, 3.8) is 0 Å². The van der Waals surface area contributed by atoms with Gasteiger partial charge < -0.3 is 4.42 Å². The van der Waals surface area contributed by atoms with E-state index in [2.05, 4.69) is 4.72 Å². The molecule has 1 aromatic heterocycles. The highest BCUT2D eigenvalue weighted by Crippen LogP contribution is 2.24. The minimum atomic E-state index is -3.76. The summed E-state index contributed by atoms with van der Waals surface area (Å²) in [6.07, 6.45) is 0. The zero-order valence-corrected chi connectivity index (χ0v) is 12.8. The van der Waals surface area contributed by atoms with Crippen molar-refractivity contribution in [3.8, 4) is 0 Å². The van der Waals surface area contributed by atoms with Crippen LogP contribution in [0.25, 0.3) is 11.1 Å². The van der Waals surface area contributed by atoms with Crippen LogP contribution in [0.5, 0.6) is 0 Å². The molecule has 22 heavy (non-hydrogen) atoms. The van der Waals surface area contributed by atoms with Crippen molar-refractivity contribution in [3.05, 3.63) is 58.6 Å². The molecule has 7 heteroatoms. The van der Waals surface area contributed by atoms with Crippen LogP contribution in [0.2, 0.25) is 0 Å². The number of fused-ring (bicyclic) bond motifs is 1. The number of oxazole rings is 1. The lowest BCUT2D eigenvalue weighted by molar-refractivity contribution is 0.527. The van der Waals surface area contributed by atoms with Crippen LogP contribution in [0.1, 0.15) is 5.56 Å². The molecule has 3 rings (SSSR count). The van der Waals surface area contributed by atoms with Crippen molar-refractivity contribution < 1.29 is 12.8 Å². The maximum absolute atomic E-state index is 12.5. The van der Waals surface area contributed by atoms with E-state index in [-0.39, 0.29) is 10.5 Å². The smallest absolute Gasteiger partial charge is 0.408 e. The van der Waals surface area contributed by atoms with Crippen LogP contribution in [-0.2, 0) is 17.1 Å². The average Bonchev–Trinajstić information content (AvgIpc) is 2.74. The first-order chi connectivity index (χ1) is 10.4. The monoisotopic (exact) mass is 318 g/mol. The number of rotatable bonds is 3. The van der Waals surface area contributed by atoms with Crippen LogP contribution in [0.15, 0.2) is 56.6 Å². The summed E-state index contributed by atoms with van der Waals surface area (Å²) in [4.78, 5) is 11.6. The number of anilines is 1. The van der Waals surface area contributed by atoms with E-state index in [0.29, 0.717) is 16.8 Å². The van der Waals surface area contributed by atoms with Gasteiger partial charge in [-0.05, 0) is 30.7 Å². The van der Waals surface area contributed by atoms with Crippen LogP contribution in [0, 0.1) is 6.92 Å². The van der Waals surface area contributed by atoms with Crippen molar-refractivity contribution in [2.24, 2.45) is 7.05 Å². The first-order valence-corrected chi connectivity index (χ1v) is 8.05. The van der Waals surface area contributed by atoms with Gasteiger partial charge in [0.25, 0.3) is 10.0 Å². The lowest BCUT2D eigenvalue weighted by atomic mass is 10.2. The van der Waals surface area contributed by atoms with Crippen molar-refractivity contribution in [2.45, 2.75) is 11.8 Å². The largest absolute Gasteiger partial charge is 0.419 e. The summed E-state index contributed by atoms with van der Waals surface area (Å²) in [5.41, 5.74) is 1.80. The number of hydrogen-bond donors (Lipinski definition) is 1. The van der Waals surface area contributed by atoms with Gasteiger partial charge >= 0.3 is 5.76 Å². The van der Waals surface area contributed by atoms with Gasteiger partial charge in [-0.1, -0.05) is 18.2 Å². The van der Waals surface area contributed by atoms with Gasteiger partial charge in [0, 0.05) is 18.8 Å². The molecule has 0 aliphatic carbocycles. The molecule has 0 fully saturated rings. The number of aromatic nitrogens is 1. The highest BCUT2D eigenvalue weighted by atomic mass is 32.2. The molecule has 0 radical (unpaired) electrons. The van der Waals surface area contributed by atoms with Gasteiger partial charge in [-0.25, -0.2) is 13.2 Å². The molecular formula is C15H14N2O4S. The summed E-state index contributed by atoms with van der Waals surface area (Å²) >= 11 is 0. The SMILES string of the molecule is Cc1cc2c(cc1S(=O)(=O)Nc1ccccc1)oc(=O)n2C. The quantitative estimate of drug-likeness (QED) is 0.803. The first-order valence-electron chi connectivity index (χ1n) is 6.56. The predicted molar refractivity (Wildman–Crippen MR) is 83.4 cm³/mol. The number of benzene rings is 2. The molecule has 2 aromatic carbocycles. The van der Waals surface area contributed by atoms with E-state index < -0.39 is 15.8 Å². The van der Waals surface area contributed by atoms with E-state index in [1.165, 1.54) is 10.6 Å². The minimum absolute atomic E-state index is 0.0817. The molecule has 0 amide bonds. The highest BCUT2D eigenvalue weighted by molar-refractivity contribution is 7.92. The van der Waals surface area contributed by atoms with Gasteiger partial charge in [0.05, 0.1) is 10.4 Å². The Hall–Kier alpha value is -2.54. The molecule has 3 aromatic rings. The molecule has 1 heterocycles. The summed E-state index contributed by atoms with van der Waals surface area (Å²) in [6, 6.07) is 11.6. The summed E-state index contributed by atoms with van der Waals surface area (Å²) in [5, 5.41) is 0. The lowest BCUT2D eigenvalue weighted by Gasteiger charge is -2.10. The number of nitrogens with one attached hydrogen (secondary N) is 1. The van der Waals surface area contributed by atoms with Gasteiger partial charge in [-0.15, -0.1) is 0 Å². The fourth-order valence-electron chi connectivity index (χ4n) is 2.26. The van der Waals surface area contributed by atoms with Gasteiger partial charge in [-0.2, -0.15) is 0 Å². The van der Waals surface area contributed by atoms with E-state index in [0.717, 1.165) is 0 Å². The number of para-hydroxylation sites is 1. The number of nitrogens with zero attached hydrogens (tertiary/aromatic N) is 1. The fourth-order valence-corrected chi connectivity index (χ4v) is 3.57. The molecule has 0 saturated heterocycles.